The first-order valence-corrected chi connectivity index (χ1v) is 8.75. The van der Waals surface area contributed by atoms with Gasteiger partial charge in [0.05, 0.1) is 6.10 Å². The van der Waals surface area contributed by atoms with Crippen LogP contribution in [0.4, 0.5) is 0 Å². The van der Waals surface area contributed by atoms with E-state index in [0.29, 0.717) is 39.7 Å². The first-order chi connectivity index (χ1) is 12.5. The average Bonchev–Trinajstić information content (AvgIpc) is 3.31. The SMILES string of the molecule is CC1C(O)c2ccc3c(c2C(O)(c2ccc4c(c2)OCO4)C1C)OCO3. The van der Waals surface area contributed by atoms with Crippen molar-refractivity contribution >= 4 is 0 Å². The minimum Gasteiger partial charge on any atom is -0.454 e. The van der Waals surface area contributed by atoms with Crippen LogP contribution in [-0.2, 0) is 5.60 Å². The summed E-state index contributed by atoms with van der Waals surface area (Å²) in [5.41, 5.74) is 0.566. The van der Waals surface area contributed by atoms with Gasteiger partial charge in [0.25, 0.3) is 0 Å². The van der Waals surface area contributed by atoms with E-state index in [9.17, 15) is 10.2 Å². The van der Waals surface area contributed by atoms with Crippen LogP contribution in [-0.4, -0.2) is 23.8 Å². The summed E-state index contributed by atoms with van der Waals surface area (Å²) >= 11 is 0. The fourth-order valence-corrected chi connectivity index (χ4v) is 4.33. The lowest BCUT2D eigenvalue weighted by molar-refractivity contribution is -0.0562. The Labute approximate surface area is 150 Å². The lowest BCUT2D eigenvalue weighted by Gasteiger charge is -2.46. The summed E-state index contributed by atoms with van der Waals surface area (Å²) in [5.74, 6) is 1.93. The first kappa shape index (κ1) is 15.8. The van der Waals surface area contributed by atoms with E-state index < -0.39 is 11.7 Å². The molecule has 0 radical (unpaired) electrons. The molecule has 0 saturated heterocycles. The maximum Gasteiger partial charge on any atom is 0.231 e. The lowest BCUT2D eigenvalue weighted by atomic mass is 9.63. The van der Waals surface area contributed by atoms with Crippen LogP contribution in [0.2, 0.25) is 0 Å². The molecule has 6 nitrogen and oxygen atoms in total. The van der Waals surface area contributed by atoms with Gasteiger partial charge in [-0.05, 0) is 41.2 Å². The van der Waals surface area contributed by atoms with Gasteiger partial charge in [-0.1, -0.05) is 26.0 Å². The van der Waals surface area contributed by atoms with Crippen LogP contribution in [0.1, 0.15) is 36.6 Å². The van der Waals surface area contributed by atoms with Gasteiger partial charge in [-0.2, -0.15) is 0 Å². The fraction of sp³-hybridized carbons (Fsp3) is 0.400. The molecule has 0 bridgehead atoms. The maximum atomic E-state index is 12.0. The number of rotatable bonds is 1. The highest BCUT2D eigenvalue weighted by Crippen LogP contribution is 2.57. The van der Waals surface area contributed by atoms with E-state index in [0.717, 1.165) is 0 Å². The van der Waals surface area contributed by atoms with Gasteiger partial charge in [-0.25, -0.2) is 0 Å². The van der Waals surface area contributed by atoms with Crippen LogP contribution in [0.5, 0.6) is 23.0 Å². The molecule has 0 aromatic heterocycles. The average molecular weight is 356 g/mol. The zero-order chi connectivity index (χ0) is 18.1. The minimum atomic E-state index is -1.35. The molecule has 0 amide bonds. The van der Waals surface area contributed by atoms with Crippen molar-refractivity contribution in [2.75, 3.05) is 13.6 Å². The summed E-state index contributed by atoms with van der Waals surface area (Å²) in [7, 11) is 0. The quantitative estimate of drug-likeness (QED) is 0.818. The van der Waals surface area contributed by atoms with Crippen molar-refractivity contribution in [3.8, 4) is 23.0 Å². The summed E-state index contributed by atoms with van der Waals surface area (Å²) in [6.45, 7) is 4.16. The molecule has 4 atom stereocenters. The van der Waals surface area contributed by atoms with E-state index in [4.69, 9.17) is 18.9 Å². The summed E-state index contributed by atoms with van der Waals surface area (Å²) < 4.78 is 22.1. The van der Waals surface area contributed by atoms with E-state index in [2.05, 4.69) is 0 Å². The highest BCUT2D eigenvalue weighted by atomic mass is 16.7. The molecule has 6 heteroatoms. The van der Waals surface area contributed by atoms with Crippen LogP contribution < -0.4 is 18.9 Å². The molecule has 2 aliphatic heterocycles. The molecular weight excluding hydrogens is 336 g/mol. The number of hydrogen-bond acceptors (Lipinski definition) is 6. The van der Waals surface area contributed by atoms with Crippen molar-refractivity contribution in [2.24, 2.45) is 11.8 Å². The molecule has 4 unspecified atom stereocenters. The molecule has 2 heterocycles. The first-order valence-electron chi connectivity index (χ1n) is 8.75. The van der Waals surface area contributed by atoms with Crippen molar-refractivity contribution in [3.63, 3.8) is 0 Å². The summed E-state index contributed by atoms with van der Waals surface area (Å²) in [6, 6.07) is 9.05. The Morgan fingerprint density at radius 1 is 0.923 bits per heavy atom. The van der Waals surface area contributed by atoms with E-state index in [1.54, 1.807) is 12.1 Å². The van der Waals surface area contributed by atoms with Crippen LogP contribution in [0.3, 0.4) is 0 Å². The van der Waals surface area contributed by atoms with Gasteiger partial charge >= 0.3 is 0 Å². The van der Waals surface area contributed by atoms with Crippen molar-refractivity contribution < 1.29 is 29.2 Å². The van der Waals surface area contributed by atoms with Crippen molar-refractivity contribution in [3.05, 3.63) is 47.0 Å². The van der Waals surface area contributed by atoms with Gasteiger partial charge in [-0.3, -0.25) is 0 Å². The van der Waals surface area contributed by atoms with Crippen LogP contribution in [0.15, 0.2) is 30.3 Å². The molecule has 2 N–H and O–H groups in total. The van der Waals surface area contributed by atoms with Gasteiger partial charge in [0.15, 0.2) is 23.0 Å². The zero-order valence-corrected chi connectivity index (χ0v) is 14.6. The van der Waals surface area contributed by atoms with E-state index in [1.165, 1.54) is 0 Å². The van der Waals surface area contributed by atoms with E-state index >= 15 is 0 Å². The largest absolute Gasteiger partial charge is 0.454 e. The Balaban J connectivity index is 1.78. The van der Waals surface area contributed by atoms with E-state index in [1.807, 2.05) is 32.0 Å². The third-order valence-corrected chi connectivity index (χ3v) is 6.03. The minimum absolute atomic E-state index is 0.100. The van der Waals surface area contributed by atoms with Gasteiger partial charge in [0, 0.05) is 5.56 Å². The monoisotopic (exact) mass is 356 g/mol. The Morgan fingerprint density at radius 2 is 1.62 bits per heavy atom. The molecule has 2 aromatic carbocycles. The van der Waals surface area contributed by atoms with Crippen molar-refractivity contribution in [2.45, 2.75) is 25.6 Å². The highest BCUT2D eigenvalue weighted by molar-refractivity contribution is 5.61. The van der Waals surface area contributed by atoms with Gasteiger partial charge in [0.2, 0.25) is 13.6 Å². The number of benzene rings is 2. The molecule has 5 rings (SSSR count). The van der Waals surface area contributed by atoms with Crippen molar-refractivity contribution in [1.29, 1.82) is 0 Å². The second-order valence-electron chi connectivity index (χ2n) is 7.19. The summed E-state index contributed by atoms with van der Waals surface area (Å²) in [6.07, 6.45) is -0.691. The van der Waals surface area contributed by atoms with Gasteiger partial charge in [-0.15, -0.1) is 0 Å². The number of fused-ring (bicyclic) bond motifs is 4. The maximum absolute atomic E-state index is 12.0. The smallest absolute Gasteiger partial charge is 0.231 e. The van der Waals surface area contributed by atoms with Crippen molar-refractivity contribution in [1.82, 2.24) is 0 Å². The third-order valence-electron chi connectivity index (χ3n) is 6.03. The summed E-state index contributed by atoms with van der Waals surface area (Å²) in [5, 5.41) is 22.8. The molecule has 136 valence electrons. The number of aliphatic hydroxyl groups is 2. The molecule has 0 spiro atoms. The predicted molar refractivity (Wildman–Crippen MR) is 91.4 cm³/mol. The number of aliphatic hydroxyl groups excluding tert-OH is 1. The fourth-order valence-electron chi connectivity index (χ4n) is 4.33. The highest BCUT2D eigenvalue weighted by Gasteiger charge is 2.51. The van der Waals surface area contributed by atoms with Crippen LogP contribution in [0.25, 0.3) is 0 Å². The Morgan fingerprint density at radius 3 is 2.46 bits per heavy atom. The topological polar surface area (TPSA) is 77.4 Å². The zero-order valence-electron chi connectivity index (χ0n) is 14.6. The standard InChI is InChI=1S/C20H20O6/c1-10-11(2)20(22,12-3-5-14-16(7-12)25-8-23-14)17-13(18(10)21)4-6-15-19(17)26-9-24-15/h3-7,10-11,18,21-22H,8-9H2,1-2H3. The van der Waals surface area contributed by atoms with E-state index in [-0.39, 0.29) is 25.4 Å². The summed E-state index contributed by atoms with van der Waals surface area (Å²) in [4.78, 5) is 0. The molecule has 3 aliphatic rings. The Bertz CT molecular complexity index is 894. The molecule has 26 heavy (non-hydrogen) atoms. The molecule has 0 fully saturated rings. The number of ether oxygens (including phenoxy) is 4. The predicted octanol–water partition coefficient (Wildman–Crippen LogP) is 2.70. The molecule has 2 aromatic rings. The molecular formula is C20H20O6. The second kappa shape index (κ2) is 5.28. The molecule has 1 aliphatic carbocycles. The molecule has 0 saturated carbocycles. The van der Waals surface area contributed by atoms with Gasteiger partial charge in [0.1, 0.15) is 5.60 Å². The van der Waals surface area contributed by atoms with Crippen LogP contribution in [0, 0.1) is 11.8 Å². The number of hydrogen-bond donors (Lipinski definition) is 2. The normalized spacial score (nSPS) is 31.0. The third kappa shape index (κ3) is 1.88. The van der Waals surface area contributed by atoms with Crippen LogP contribution >= 0.6 is 0 Å². The Kier molecular flexibility index (Phi) is 3.21. The Hall–Kier alpha value is -2.44. The van der Waals surface area contributed by atoms with Gasteiger partial charge < -0.3 is 29.2 Å². The second-order valence-corrected chi connectivity index (χ2v) is 7.19. The lowest BCUT2D eigenvalue weighted by Crippen LogP contribution is -2.45.